The summed E-state index contributed by atoms with van der Waals surface area (Å²) in [5.74, 6) is 1.12. The number of H-pyrrole nitrogens is 1. The summed E-state index contributed by atoms with van der Waals surface area (Å²) in [4.78, 5) is 24.8. The van der Waals surface area contributed by atoms with Crippen molar-refractivity contribution in [3.8, 4) is 16.9 Å². The number of nitrogens with one attached hydrogen (secondary N) is 1. The molecule has 1 atom stereocenters. The quantitative estimate of drug-likeness (QED) is 0.322. The molecule has 2 aromatic heterocycles. The van der Waals surface area contributed by atoms with E-state index in [1.807, 2.05) is 43.6 Å². The largest absolute Gasteiger partial charge is 0.496 e. The maximum absolute atomic E-state index is 13.0. The second-order valence-electron chi connectivity index (χ2n) is 9.68. The van der Waals surface area contributed by atoms with Crippen molar-refractivity contribution in [2.45, 2.75) is 13.3 Å². The van der Waals surface area contributed by atoms with Gasteiger partial charge in [0.1, 0.15) is 11.4 Å². The summed E-state index contributed by atoms with van der Waals surface area (Å²) in [6.45, 7) is 8.63. The molecule has 37 heavy (non-hydrogen) atoms. The van der Waals surface area contributed by atoms with Crippen molar-refractivity contribution < 1.29 is 9.53 Å². The minimum atomic E-state index is -0.124. The number of hydrogen-bond acceptors (Lipinski definition) is 5. The third kappa shape index (κ3) is 5.73. The van der Waals surface area contributed by atoms with Crippen LogP contribution in [0, 0.1) is 5.92 Å². The van der Waals surface area contributed by atoms with Gasteiger partial charge in [0.05, 0.1) is 17.8 Å². The number of hydrogen-bond donors (Lipinski definition) is 2. The predicted molar refractivity (Wildman–Crippen MR) is 151 cm³/mol. The van der Waals surface area contributed by atoms with E-state index < -0.39 is 0 Å². The Morgan fingerprint density at radius 3 is 2.84 bits per heavy atom. The number of aromatic amines is 1. The van der Waals surface area contributed by atoms with E-state index in [4.69, 9.17) is 22.1 Å². The lowest BCUT2D eigenvalue weighted by atomic mass is 10.0. The number of likely N-dealkylation sites (N-methyl/N-ethyl adjacent to an activating group) is 1. The predicted octanol–water partition coefficient (Wildman–Crippen LogP) is 5.02. The standard InChI is InChI=1S/C29H34ClN5O2/c1-18(12-25(30)27(31)19(2)29(36)35(4)17-20-10-11-34(3)16-20)21-13-23-24(15-33-28(23)32-14-21)22-8-6-7-9-26(22)37-5/h6-9,12-15,20H,1,10-11,16-17,31H2,2-5H3,(H,32,33)/b25-12+,27-19-. The highest BCUT2D eigenvalue weighted by atomic mass is 35.5. The molecule has 4 rings (SSSR count). The van der Waals surface area contributed by atoms with Gasteiger partial charge in [-0.3, -0.25) is 4.79 Å². The highest BCUT2D eigenvalue weighted by Gasteiger charge is 2.24. The number of para-hydroxylation sites is 1. The Labute approximate surface area is 223 Å². The van der Waals surface area contributed by atoms with Crippen LogP contribution in [0.5, 0.6) is 5.75 Å². The van der Waals surface area contributed by atoms with Crippen LogP contribution in [0.25, 0.3) is 27.7 Å². The first-order valence-electron chi connectivity index (χ1n) is 12.3. The van der Waals surface area contributed by atoms with Crippen molar-refractivity contribution in [3.05, 3.63) is 77.2 Å². The molecule has 1 saturated heterocycles. The molecule has 0 spiro atoms. The number of aromatic nitrogens is 2. The molecule has 1 aromatic carbocycles. The molecule has 3 aromatic rings. The third-order valence-electron chi connectivity index (χ3n) is 6.95. The molecular weight excluding hydrogens is 486 g/mol. The molecule has 0 saturated carbocycles. The Bertz CT molecular complexity index is 1390. The first-order valence-corrected chi connectivity index (χ1v) is 12.6. The molecule has 1 aliphatic rings. The fourth-order valence-electron chi connectivity index (χ4n) is 4.81. The Hall–Kier alpha value is -3.55. The van der Waals surface area contributed by atoms with E-state index in [1.165, 1.54) is 0 Å². The van der Waals surface area contributed by atoms with Crippen molar-refractivity contribution in [1.82, 2.24) is 19.8 Å². The number of allylic oxidation sites excluding steroid dienone is 3. The number of rotatable bonds is 8. The van der Waals surface area contributed by atoms with E-state index in [9.17, 15) is 4.79 Å². The van der Waals surface area contributed by atoms with Crippen LogP contribution in [0.4, 0.5) is 0 Å². The molecule has 3 heterocycles. The van der Waals surface area contributed by atoms with E-state index in [-0.39, 0.29) is 16.6 Å². The summed E-state index contributed by atoms with van der Waals surface area (Å²) < 4.78 is 5.54. The number of carbonyl (C=O) groups excluding carboxylic acids is 1. The van der Waals surface area contributed by atoms with Gasteiger partial charge in [0, 0.05) is 60.2 Å². The zero-order valence-electron chi connectivity index (χ0n) is 21.8. The smallest absolute Gasteiger partial charge is 0.251 e. The second kappa shape index (κ2) is 11.2. The van der Waals surface area contributed by atoms with E-state index in [0.29, 0.717) is 23.6 Å². The lowest BCUT2D eigenvalue weighted by Crippen LogP contribution is -2.34. The number of methoxy groups -OCH3 is 1. The number of benzene rings is 1. The number of nitrogens with zero attached hydrogens (tertiary/aromatic N) is 3. The number of ether oxygens (including phenoxy) is 1. The van der Waals surface area contributed by atoms with Crippen molar-refractivity contribution in [1.29, 1.82) is 0 Å². The van der Waals surface area contributed by atoms with Crippen molar-refractivity contribution >= 4 is 34.1 Å². The molecule has 1 unspecified atom stereocenters. The zero-order chi connectivity index (χ0) is 26.7. The van der Waals surface area contributed by atoms with Crippen LogP contribution in [-0.2, 0) is 4.79 Å². The fraction of sp³-hybridized carbons (Fsp3) is 0.310. The van der Waals surface area contributed by atoms with Crippen LogP contribution < -0.4 is 10.5 Å². The summed E-state index contributed by atoms with van der Waals surface area (Å²) in [6.07, 6.45) is 6.42. The van der Waals surface area contributed by atoms with Crippen LogP contribution in [0.15, 0.2) is 71.7 Å². The van der Waals surface area contributed by atoms with Crippen LogP contribution in [-0.4, -0.2) is 66.5 Å². The number of amides is 1. The monoisotopic (exact) mass is 519 g/mol. The van der Waals surface area contributed by atoms with Crippen LogP contribution in [0.2, 0.25) is 0 Å². The number of pyridine rings is 1. The molecule has 0 aliphatic carbocycles. The summed E-state index contributed by atoms with van der Waals surface area (Å²) in [5, 5.41) is 1.20. The molecule has 0 bridgehead atoms. The summed E-state index contributed by atoms with van der Waals surface area (Å²) >= 11 is 6.57. The van der Waals surface area contributed by atoms with Gasteiger partial charge in [-0.05, 0) is 56.6 Å². The first-order chi connectivity index (χ1) is 17.7. The molecule has 3 N–H and O–H groups in total. The minimum absolute atomic E-state index is 0.124. The maximum Gasteiger partial charge on any atom is 0.251 e. The topological polar surface area (TPSA) is 87.5 Å². The Morgan fingerprint density at radius 2 is 2.14 bits per heavy atom. The molecule has 1 aliphatic heterocycles. The van der Waals surface area contributed by atoms with E-state index in [2.05, 4.69) is 28.5 Å². The van der Waals surface area contributed by atoms with Gasteiger partial charge < -0.3 is 25.3 Å². The SMILES string of the molecule is C=C(/C=C(Cl)\C(N)=C(/C)C(=O)N(C)CC1CCN(C)C1)c1cnc2[nH]cc(-c3ccccc3OC)c2c1. The zero-order valence-corrected chi connectivity index (χ0v) is 22.6. The van der Waals surface area contributed by atoms with E-state index in [0.717, 1.165) is 53.0 Å². The van der Waals surface area contributed by atoms with Crippen LogP contribution in [0.1, 0.15) is 18.9 Å². The van der Waals surface area contributed by atoms with Crippen molar-refractivity contribution in [2.24, 2.45) is 11.7 Å². The van der Waals surface area contributed by atoms with E-state index in [1.54, 1.807) is 31.2 Å². The lowest BCUT2D eigenvalue weighted by Gasteiger charge is -2.22. The van der Waals surface area contributed by atoms with E-state index >= 15 is 0 Å². The van der Waals surface area contributed by atoms with Gasteiger partial charge in [-0.1, -0.05) is 36.4 Å². The molecule has 1 fully saturated rings. The van der Waals surface area contributed by atoms with Crippen LogP contribution >= 0.6 is 11.6 Å². The molecular formula is C29H34ClN5O2. The fourth-order valence-corrected chi connectivity index (χ4v) is 5.08. The van der Waals surface area contributed by atoms with Gasteiger partial charge in [0.25, 0.3) is 5.91 Å². The molecule has 0 radical (unpaired) electrons. The molecule has 1 amide bonds. The normalized spacial score (nSPS) is 17.1. The second-order valence-corrected chi connectivity index (χ2v) is 10.1. The van der Waals surface area contributed by atoms with Gasteiger partial charge in [-0.2, -0.15) is 0 Å². The molecule has 7 nitrogen and oxygen atoms in total. The third-order valence-corrected chi connectivity index (χ3v) is 7.26. The first kappa shape index (κ1) is 26.5. The van der Waals surface area contributed by atoms with Crippen LogP contribution in [0.3, 0.4) is 0 Å². The molecule has 8 heteroatoms. The van der Waals surface area contributed by atoms with Gasteiger partial charge in [-0.15, -0.1) is 0 Å². The van der Waals surface area contributed by atoms with Gasteiger partial charge in [0.2, 0.25) is 0 Å². The van der Waals surface area contributed by atoms with Crippen molar-refractivity contribution in [3.63, 3.8) is 0 Å². The highest BCUT2D eigenvalue weighted by Crippen LogP contribution is 2.35. The minimum Gasteiger partial charge on any atom is -0.496 e. The number of fused-ring (bicyclic) bond motifs is 1. The number of halogens is 1. The number of nitrogens with two attached hydrogens (primary N) is 1. The van der Waals surface area contributed by atoms with Gasteiger partial charge >= 0.3 is 0 Å². The number of likely N-dealkylation sites (tertiary alicyclic amines) is 1. The number of carbonyl (C=O) groups is 1. The molecule has 194 valence electrons. The summed E-state index contributed by atoms with van der Waals surface area (Å²) in [6, 6.07) is 9.85. The lowest BCUT2D eigenvalue weighted by molar-refractivity contribution is -0.126. The van der Waals surface area contributed by atoms with Gasteiger partial charge in [0.15, 0.2) is 0 Å². The summed E-state index contributed by atoms with van der Waals surface area (Å²) in [5.41, 5.74) is 11.1. The average Bonchev–Trinajstić information content (AvgIpc) is 3.52. The Kier molecular flexibility index (Phi) is 8.05. The Balaban J connectivity index is 1.55. The maximum atomic E-state index is 13.0. The van der Waals surface area contributed by atoms with Crippen molar-refractivity contribution in [2.75, 3.05) is 40.8 Å². The average molecular weight is 520 g/mol. The highest BCUT2D eigenvalue weighted by molar-refractivity contribution is 6.33. The van der Waals surface area contributed by atoms with Gasteiger partial charge in [-0.25, -0.2) is 4.98 Å². The summed E-state index contributed by atoms with van der Waals surface area (Å²) in [7, 11) is 5.57. The Morgan fingerprint density at radius 1 is 1.38 bits per heavy atom.